The molecule has 31 heavy (non-hydrogen) atoms. The van der Waals surface area contributed by atoms with Crippen LogP contribution in [0, 0.1) is 29.6 Å². The Morgan fingerprint density at radius 3 is 2.71 bits per heavy atom. The second-order valence-corrected chi connectivity index (χ2v) is 8.90. The number of hydrogen-bond donors (Lipinski definition) is 1. The number of anilines is 2. The van der Waals surface area contributed by atoms with Crippen molar-refractivity contribution in [2.24, 2.45) is 0 Å². The summed E-state index contributed by atoms with van der Waals surface area (Å²) in [6.45, 7) is 5.18. The molecule has 158 valence electrons. The van der Waals surface area contributed by atoms with Gasteiger partial charge in [-0.2, -0.15) is 10.5 Å². The standard InChI is InChI=1S/C24H24N4O2S/c1-16-12-17(6-7-21(16)28-8-10-30-11-9-28)13-18(14-25)23(29)27-24-20(15-26)19-4-2-3-5-22(19)31-24/h6-7,12-13H,2-5,8-11H2,1H3,(H,27,29)/b18-13+. The minimum atomic E-state index is -0.479. The van der Waals surface area contributed by atoms with Gasteiger partial charge < -0.3 is 15.0 Å². The Kier molecular flexibility index (Phi) is 6.36. The van der Waals surface area contributed by atoms with Gasteiger partial charge in [0.2, 0.25) is 0 Å². The molecule has 7 heteroatoms. The lowest BCUT2D eigenvalue weighted by atomic mass is 9.96. The van der Waals surface area contributed by atoms with Crippen molar-refractivity contribution in [3.05, 3.63) is 50.9 Å². The fraction of sp³-hybridized carbons (Fsp3) is 0.375. The molecule has 1 aliphatic heterocycles. The molecule has 1 fully saturated rings. The predicted molar refractivity (Wildman–Crippen MR) is 122 cm³/mol. The van der Waals surface area contributed by atoms with Crippen LogP contribution in [0.4, 0.5) is 10.7 Å². The van der Waals surface area contributed by atoms with E-state index in [9.17, 15) is 15.3 Å². The van der Waals surface area contributed by atoms with Crippen molar-refractivity contribution >= 4 is 34.0 Å². The van der Waals surface area contributed by atoms with Gasteiger partial charge in [0.05, 0.1) is 18.8 Å². The van der Waals surface area contributed by atoms with Crippen LogP contribution in [0.25, 0.3) is 6.08 Å². The van der Waals surface area contributed by atoms with E-state index in [0.29, 0.717) is 10.6 Å². The molecular formula is C24H24N4O2S. The Bertz CT molecular complexity index is 1110. The maximum absolute atomic E-state index is 12.8. The van der Waals surface area contributed by atoms with Crippen LogP contribution < -0.4 is 10.2 Å². The lowest BCUT2D eigenvalue weighted by Crippen LogP contribution is -2.36. The Hall–Kier alpha value is -3.13. The van der Waals surface area contributed by atoms with Crippen LogP contribution in [0.3, 0.4) is 0 Å². The SMILES string of the molecule is Cc1cc(/C=C(\C#N)C(=O)Nc2sc3c(c2C#N)CCCC3)ccc1N1CCOCC1. The summed E-state index contributed by atoms with van der Waals surface area (Å²) in [4.78, 5) is 16.3. The number of thiophene rings is 1. The van der Waals surface area contributed by atoms with Crippen molar-refractivity contribution in [3.8, 4) is 12.1 Å². The molecule has 2 heterocycles. The number of ether oxygens (including phenoxy) is 1. The highest BCUT2D eigenvalue weighted by Crippen LogP contribution is 2.37. The minimum Gasteiger partial charge on any atom is -0.378 e. The molecule has 1 aromatic heterocycles. The number of nitriles is 2. The number of morpholine rings is 1. The molecule has 1 aromatic carbocycles. The van der Waals surface area contributed by atoms with E-state index < -0.39 is 5.91 Å². The quantitative estimate of drug-likeness (QED) is 0.578. The Morgan fingerprint density at radius 1 is 1.23 bits per heavy atom. The molecule has 4 rings (SSSR count). The number of fused-ring (bicyclic) bond motifs is 1. The maximum Gasteiger partial charge on any atom is 0.266 e. The van der Waals surface area contributed by atoms with Gasteiger partial charge in [-0.05, 0) is 67.5 Å². The van der Waals surface area contributed by atoms with Crippen molar-refractivity contribution in [2.45, 2.75) is 32.6 Å². The molecular weight excluding hydrogens is 408 g/mol. The first-order chi connectivity index (χ1) is 15.1. The first kappa shape index (κ1) is 21.1. The Morgan fingerprint density at radius 2 is 2.00 bits per heavy atom. The van der Waals surface area contributed by atoms with Gasteiger partial charge in [-0.3, -0.25) is 4.79 Å². The zero-order chi connectivity index (χ0) is 21.8. The largest absolute Gasteiger partial charge is 0.378 e. The van der Waals surface area contributed by atoms with E-state index in [-0.39, 0.29) is 5.57 Å². The lowest BCUT2D eigenvalue weighted by Gasteiger charge is -2.30. The highest BCUT2D eigenvalue weighted by atomic mass is 32.1. The van der Waals surface area contributed by atoms with E-state index >= 15 is 0 Å². The number of hydrogen-bond acceptors (Lipinski definition) is 6. The van der Waals surface area contributed by atoms with Crippen molar-refractivity contribution in [1.82, 2.24) is 0 Å². The first-order valence-electron chi connectivity index (χ1n) is 10.5. The molecule has 1 saturated heterocycles. The van der Waals surface area contributed by atoms with Crippen LogP contribution in [0.5, 0.6) is 0 Å². The summed E-state index contributed by atoms with van der Waals surface area (Å²) in [6.07, 6.45) is 5.59. The van der Waals surface area contributed by atoms with Crippen molar-refractivity contribution in [2.75, 3.05) is 36.5 Å². The fourth-order valence-corrected chi connectivity index (χ4v) is 5.42. The molecule has 0 spiro atoms. The molecule has 1 amide bonds. The third kappa shape index (κ3) is 4.49. The van der Waals surface area contributed by atoms with E-state index in [2.05, 4.69) is 16.3 Å². The highest BCUT2D eigenvalue weighted by Gasteiger charge is 2.23. The first-order valence-corrected chi connectivity index (χ1v) is 11.3. The van der Waals surface area contributed by atoms with Gasteiger partial charge in [-0.1, -0.05) is 6.07 Å². The van der Waals surface area contributed by atoms with E-state index in [0.717, 1.165) is 74.4 Å². The second kappa shape index (κ2) is 9.34. The molecule has 1 aliphatic carbocycles. The molecule has 0 bridgehead atoms. The van der Waals surface area contributed by atoms with E-state index in [4.69, 9.17) is 4.74 Å². The predicted octanol–water partition coefficient (Wildman–Crippen LogP) is 4.19. The number of nitrogens with one attached hydrogen (secondary N) is 1. The van der Waals surface area contributed by atoms with Gasteiger partial charge in [-0.25, -0.2) is 0 Å². The van der Waals surface area contributed by atoms with Crippen LogP contribution in [-0.4, -0.2) is 32.2 Å². The topological polar surface area (TPSA) is 89.2 Å². The summed E-state index contributed by atoms with van der Waals surface area (Å²) in [5.41, 5.74) is 4.67. The number of rotatable bonds is 4. The Labute approximate surface area is 186 Å². The van der Waals surface area contributed by atoms with Gasteiger partial charge in [-0.15, -0.1) is 11.3 Å². The average Bonchev–Trinajstić information content (AvgIpc) is 3.14. The zero-order valence-electron chi connectivity index (χ0n) is 17.5. The second-order valence-electron chi connectivity index (χ2n) is 7.80. The summed E-state index contributed by atoms with van der Waals surface area (Å²) in [7, 11) is 0. The van der Waals surface area contributed by atoms with Crippen molar-refractivity contribution in [1.29, 1.82) is 10.5 Å². The summed E-state index contributed by atoms with van der Waals surface area (Å²) >= 11 is 1.46. The molecule has 0 unspecified atom stereocenters. The van der Waals surface area contributed by atoms with Gasteiger partial charge in [0, 0.05) is 23.7 Å². The third-order valence-electron chi connectivity index (χ3n) is 5.76. The number of benzene rings is 1. The number of aryl methyl sites for hydroxylation is 2. The lowest BCUT2D eigenvalue weighted by molar-refractivity contribution is -0.112. The molecule has 2 aliphatic rings. The van der Waals surface area contributed by atoms with E-state index in [1.165, 1.54) is 16.2 Å². The Balaban J connectivity index is 1.54. The van der Waals surface area contributed by atoms with Gasteiger partial charge in [0.15, 0.2) is 0 Å². The number of carbonyl (C=O) groups is 1. The van der Waals surface area contributed by atoms with E-state index in [1.54, 1.807) is 6.08 Å². The zero-order valence-corrected chi connectivity index (χ0v) is 18.3. The number of amides is 1. The number of nitrogens with zero attached hydrogens (tertiary/aromatic N) is 3. The summed E-state index contributed by atoms with van der Waals surface area (Å²) in [6, 6.07) is 10.2. The average molecular weight is 433 g/mol. The molecule has 2 aromatic rings. The molecule has 0 saturated carbocycles. The number of carbonyl (C=O) groups excluding carboxylic acids is 1. The van der Waals surface area contributed by atoms with Crippen LogP contribution in [-0.2, 0) is 22.4 Å². The maximum atomic E-state index is 12.8. The monoisotopic (exact) mass is 432 g/mol. The normalized spacial score (nSPS) is 16.2. The molecule has 6 nitrogen and oxygen atoms in total. The molecule has 0 radical (unpaired) electrons. The minimum absolute atomic E-state index is 0.0220. The fourth-order valence-electron chi connectivity index (χ4n) is 4.19. The van der Waals surface area contributed by atoms with Crippen LogP contribution in [0.1, 0.15) is 40.0 Å². The summed E-state index contributed by atoms with van der Waals surface area (Å²) < 4.78 is 5.42. The van der Waals surface area contributed by atoms with Crippen molar-refractivity contribution < 1.29 is 9.53 Å². The van der Waals surface area contributed by atoms with Gasteiger partial charge >= 0.3 is 0 Å². The van der Waals surface area contributed by atoms with Crippen LogP contribution in [0.2, 0.25) is 0 Å². The van der Waals surface area contributed by atoms with Crippen molar-refractivity contribution in [3.63, 3.8) is 0 Å². The summed E-state index contributed by atoms with van der Waals surface area (Å²) in [5, 5.41) is 22.5. The molecule has 0 atom stereocenters. The highest BCUT2D eigenvalue weighted by molar-refractivity contribution is 7.16. The smallest absolute Gasteiger partial charge is 0.266 e. The van der Waals surface area contributed by atoms with Gasteiger partial charge in [0.25, 0.3) is 5.91 Å². The van der Waals surface area contributed by atoms with E-state index in [1.807, 2.05) is 31.2 Å². The van der Waals surface area contributed by atoms with Crippen LogP contribution >= 0.6 is 11.3 Å². The van der Waals surface area contributed by atoms with Gasteiger partial charge in [0.1, 0.15) is 22.7 Å². The van der Waals surface area contributed by atoms with Crippen LogP contribution in [0.15, 0.2) is 23.8 Å². The molecule has 1 N–H and O–H groups in total. The summed E-state index contributed by atoms with van der Waals surface area (Å²) in [5.74, 6) is -0.479. The third-order valence-corrected chi connectivity index (χ3v) is 6.97.